The minimum atomic E-state index is 0.652. The van der Waals surface area contributed by atoms with Crippen molar-refractivity contribution in [1.29, 1.82) is 0 Å². The predicted octanol–water partition coefficient (Wildman–Crippen LogP) is 4.25. The van der Waals surface area contributed by atoms with Crippen molar-refractivity contribution in [2.45, 2.75) is 19.4 Å². The molecule has 0 radical (unpaired) electrons. The van der Waals surface area contributed by atoms with Gasteiger partial charge in [-0.05, 0) is 47.2 Å². The molecule has 0 amide bonds. The second-order valence-corrected chi connectivity index (χ2v) is 6.11. The number of rotatable bonds is 6. The van der Waals surface area contributed by atoms with E-state index in [1.807, 2.05) is 24.3 Å². The first-order valence-corrected chi connectivity index (χ1v) is 8.33. The van der Waals surface area contributed by atoms with Crippen LogP contribution in [0, 0.1) is 0 Å². The molecule has 1 heterocycles. The van der Waals surface area contributed by atoms with Gasteiger partial charge < -0.3 is 9.47 Å². The molecule has 0 saturated carbocycles. The number of methoxy groups -OCH3 is 2. The lowest BCUT2D eigenvalue weighted by atomic mass is 9.98. The van der Waals surface area contributed by atoms with Crippen LogP contribution in [-0.2, 0) is 19.4 Å². The van der Waals surface area contributed by atoms with Gasteiger partial charge in [0.05, 0.1) is 14.2 Å². The summed E-state index contributed by atoms with van der Waals surface area (Å²) in [6.07, 6.45) is 1.99. The van der Waals surface area contributed by atoms with Crippen LogP contribution in [0.1, 0.15) is 16.7 Å². The molecule has 3 rings (SSSR count). The molecule has 0 bridgehead atoms. The number of hydrogen-bond donors (Lipinski definition) is 0. The summed E-state index contributed by atoms with van der Waals surface area (Å²) in [6, 6.07) is 12.0. The lowest BCUT2D eigenvalue weighted by Gasteiger charge is -2.29. The SMILES string of the molecule is COc1cc2c(cc1OC)CN(CCc1ccc(N=[N+]=[N-])cc1)CC2. The molecule has 0 saturated heterocycles. The molecular weight excluding hydrogens is 316 g/mol. The van der Waals surface area contributed by atoms with Gasteiger partial charge in [-0.15, -0.1) is 0 Å². The molecule has 6 heteroatoms. The number of ether oxygens (including phenoxy) is 2. The molecule has 0 aliphatic carbocycles. The summed E-state index contributed by atoms with van der Waals surface area (Å²) >= 11 is 0. The average molecular weight is 338 g/mol. The van der Waals surface area contributed by atoms with Gasteiger partial charge in [0.15, 0.2) is 11.5 Å². The minimum absolute atomic E-state index is 0.652. The topological polar surface area (TPSA) is 70.5 Å². The van der Waals surface area contributed by atoms with Crippen molar-refractivity contribution < 1.29 is 9.47 Å². The first kappa shape index (κ1) is 17.1. The maximum Gasteiger partial charge on any atom is 0.161 e. The van der Waals surface area contributed by atoms with Crippen LogP contribution in [0.15, 0.2) is 41.5 Å². The van der Waals surface area contributed by atoms with E-state index < -0.39 is 0 Å². The van der Waals surface area contributed by atoms with Crippen molar-refractivity contribution in [2.75, 3.05) is 27.3 Å². The van der Waals surface area contributed by atoms with Gasteiger partial charge in [0.25, 0.3) is 0 Å². The van der Waals surface area contributed by atoms with E-state index in [0.29, 0.717) is 5.69 Å². The molecule has 1 aliphatic heterocycles. The number of fused-ring (bicyclic) bond motifs is 1. The standard InChI is InChI=1S/C19H22N4O2/c1-24-18-11-15-8-10-23(13-16(15)12-19(18)25-2)9-7-14-3-5-17(6-4-14)21-22-20/h3-6,11-12H,7-10,13H2,1-2H3. The molecule has 0 aromatic heterocycles. The highest BCUT2D eigenvalue weighted by Crippen LogP contribution is 2.33. The molecule has 6 nitrogen and oxygen atoms in total. The van der Waals surface area contributed by atoms with Crippen molar-refractivity contribution in [3.05, 3.63) is 63.5 Å². The van der Waals surface area contributed by atoms with E-state index in [1.165, 1.54) is 16.7 Å². The Morgan fingerprint density at radius 2 is 1.76 bits per heavy atom. The molecule has 0 atom stereocenters. The number of benzene rings is 2. The fourth-order valence-corrected chi connectivity index (χ4v) is 3.20. The van der Waals surface area contributed by atoms with Crippen molar-refractivity contribution in [2.24, 2.45) is 5.11 Å². The zero-order valence-corrected chi connectivity index (χ0v) is 14.6. The average Bonchev–Trinajstić information content (AvgIpc) is 2.66. The first-order valence-electron chi connectivity index (χ1n) is 8.33. The van der Waals surface area contributed by atoms with E-state index in [-0.39, 0.29) is 0 Å². The smallest absolute Gasteiger partial charge is 0.161 e. The number of nitrogens with zero attached hydrogens (tertiary/aromatic N) is 4. The van der Waals surface area contributed by atoms with Crippen LogP contribution in [0.25, 0.3) is 10.4 Å². The maximum atomic E-state index is 8.45. The molecule has 2 aromatic rings. The van der Waals surface area contributed by atoms with Crippen LogP contribution in [0.4, 0.5) is 5.69 Å². The maximum absolute atomic E-state index is 8.45. The lowest BCUT2D eigenvalue weighted by molar-refractivity contribution is 0.255. The summed E-state index contributed by atoms with van der Waals surface area (Å²) in [7, 11) is 3.34. The summed E-state index contributed by atoms with van der Waals surface area (Å²) in [4.78, 5) is 5.25. The van der Waals surface area contributed by atoms with Crippen LogP contribution < -0.4 is 9.47 Å². The fraction of sp³-hybridized carbons (Fsp3) is 0.368. The van der Waals surface area contributed by atoms with Crippen LogP contribution in [0.2, 0.25) is 0 Å². The number of hydrogen-bond acceptors (Lipinski definition) is 4. The molecule has 2 aromatic carbocycles. The van der Waals surface area contributed by atoms with E-state index in [2.05, 4.69) is 27.1 Å². The van der Waals surface area contributed by atoms with Crippen molar-refractivity contribution in [3.63, 3.8) is 0 Å². The van der Waals surface area contributed by atoms with Gasteiger partial charge in [-0.25, -0.2) is 0 Å². The van der Waals surface area contributed by atoms with Crippen LogP contribution in [-0.4, -0.2) is 32.2 Å². The molecule has 0 unspecified atom stereocenters. The molecule has 130 valence electrons. The second kappa shape index (κ2) is 7.92. The quantitative estimate of drug-likeness (QED) is 0.449. The first-order chi connectivity index (χ1) is 12.2. The van der Waals surface area contributed by atoms with Crippen LogP contribution in [0.3, 0.4) is 0 Å². The Labute approximate surface area is 147 Å². The van der Waals surface area contributed by atoms with Gasteiger partial charge in [0, 0.05) is 30.2 Å². The van der Waals surface area contributed by atoms with E-state index in [0.717, 1.165) is 44.0 Å². The highest BCUT2D eigenvalue weighted by atomic mass is 16.5. The Hall–Kier alpha value is -2.69. The molecular formula is C19H22N4O2. The zero-order valence-electron chi connectivity index (χ0n) is 14.6. The van der Waals surface area contributed by atoms with Crippen molar-refractivity contribution >= 4 is 5.69 Å². The molecule has 0 fully saturated rings. The van der Waals surface area contributed by atoms with Gasteiger partial charge in [-0.3, -0.25) is 4.90 Å². The fourth-order valence-electron chi connectivity index (χ4n) is 3.20. The van der Waals surface area contributed by atoms with Gasteiger partial charge in [-0.1, -0.05) is 29.4 Å². The Balaban J connectivity index is 1.63. The van der Waals surface area contributed by atoms with E-state index in [9.17, 15) is 0 Å². The zero-order chi connectivity index (χ0) is 17.6. The highest BCUT2D eigenvalue weighted by molar-refractivity contribution is 5.48. The molecule has 0 N–H and O–H groups in total. The van der Waals surface area contributed by atoms with E-state index >= 15 is 0 Å². The summed E-state index contributed by atoms with van der Waals surface area (Å²) in [6.45, 7) is 2.96. The largest absolute Gasteiger partial charge is 0.493 e. The summed E-state index contributed by atoms with van der Waals surface area (Å²) < 4.78 is 10.8. The molecule has 25 heavy (non-hydrogen) atoms. The second-order valence-electron chi connectivity index (χ2n) is 6.11. The highest BCUT2D eigenvalue weighted by Gasteiger charge is 2.19. The summed E-state index contributed by atoms with van der Waals surface area (Å²) in [5, 5.41) is 3.60. The third-order valence-corrected chi connectivity index (χ3v) is 4.61. The van der Waals surface area contributed by atoms with Gasteiger partial charge >= 0.3 is 0 Å². The number of azide groups is 1. The summed E-state index contributed by atoms with van der Waals surface area (Å²) in [5.74, 6) is 1.59. The monoisotopic (exact) mass is 338 g/mol. The lowest BCUT2D eigenvalue weighted by Crippen LogP contribution is -2.32. The third kappa shape index (κ3) is 4.05. The normalized spacial score (nSPS) is 13.7. The Morgan fingerprint density at radius 3 is 2.40 bits per heavy atom. The Morgan fingerprint density at radius 1 is 1.08 bits per heavy atom. The minimum Gasteiger partial charge on any atom is -0.493 e. The predicted molar refractivity (Wildman–Crippen MR) is 97.5 cm³/mol. The van der Waals surface area contributed by atoms with Crippen molar-refractivity contribution in [1.82, 2.24) is 4.90 Å². The summed E-state index contributed by atoms with van der Waals surface area (Å²) in [5.41, 5.74) is 13.0. The van der Waals surface area contributed by atoms with Gasteiger partial charge in [-0.2, -0.15) is 0 Å². The Kier molecular flexibility index (Phi) is 5.43. The van der Waals surface area contributed by atoms with Crippen molar-refractivity contribution in [3.8, 4) is 11.5 Å². The van der Waals surface area contributed by atoms with Gasteiger partial charge in [0.1, 0.15) is 0 Å². The molecule has 0 spiro atoms. The van der Waals surface area contributed by atoms with Crippen LogP contribution in [0.5, 0.6) is 11.5 Å². The molecule has 1 aliphatic rings. The van der Waals surface area contributed by atoms with Crippen LogP contribution >= 0.6 is 0 Å². The Bertz CT molecular complexity index is 783. The van der Waals surface area contributed by atoms with E-state index in [1.54, 1.807) is 14.2 Å². The van der Waals surface area contributed by atoms with E-state index in [4.69, 9.17) is 15.0 Å². The third-order valence-electron chi connectivity index (χ3n) is 4.61. The van der Waals surface area contributed by atoms with Gasteiger partial charge in [0.2, 0.25) is 0 Å².